The van der Waals surface area contributed by atoms with Gasteiger partial charge in [0, 0.05) is 5.56 Å². The fourth-order valence-corrected chi connectivity index (χ4v) is 1.07. The summed E-state index contributed by atoms with van der Waals surface area (Å²) < 4.78 is 5.01. The lowest BCUT2D eigenvalue weighted by atomic mass is 10.2. The summed E-state index contributed by atoms with van der Waals surface area (Å²) in [6, 6.07) is 6.50. The highest BCUT2D eigenvalue weighted by molar-refractivity contribution is 5.82. The van der Waals surface area contributed by atoms with Crippen molar-refractivity contribution in [2.24, 2.45) is 0 Å². The molecule has 0 fully saturated rings. The molecule has 1 rings (SSSR count). The highest BCUT2D eigenvalue weighted by Crippen LogP contribution is 2.12. The molecule has 79 valence electrons. The minimum atomic E-state index is -0.375. The molecule has 0 aliphatic heterocycles. The Hall–Kier alpha value is -1.64. The van der Waals surface area contributed by atoms with Crippen molar-refractivity contribution in [3.63, 3.8) is 0 Å². The van der Waals surface area contributed by atoms with Crippen LogP contribution in [0.15, 0.2) is 24.3 Å². The predicted octanol–water partition coefficient (Wildman–Crippen LogP) is 2.41. The Morgan fingerprint density at radius 2 is 2.27 bits per heavy atom. The van der Waals surface area contributed by atoms with E-state index in [0.29, 0.717) is 24.0 Å². The van der Waals surface area contributed by atoms with Crippen LogP contribution in [0.25, 0.3) is 0 Å². The second-order valence-electron chi connectivity index (χ2n) is 3.10. The summed E-state index contributed by atoms with van der Waals surface area (Å²) in [7, 11) is 0. The first-order valence-corrected chi connectivity index (χ1v) is 4.86. The number of esters is 1. The van der Waals surface area contributed by atoms with Crippen molar-refractivity contribution >= 4 is 12.3 Å². The van der Waals surface area contributed by atoms with E-state index in [1.54, 1.807) is 18.2 Å². The molecule has 0 aliphatic carbocycles. The molecule has 3 nitrogen and oxygen atoms in total. The first-order chi connectivity index (χ1) is 7.26. The van der Waals surface area contributed by atoms with E-state index in [2.05, 4.69) is 0 Å². The normalized spacial score (nSPS) is 9.67. The van der Waals surface area contributed by atoms with Crippen LogP contribution in [-0.4, -0.2) is 12.3 Å². The van der Waals surface area contributed by atoms with Gasteiger partial charge in [-0.05, 0) is 18.6 Å². The maximum atomic E-state index is 11.2. The molecule has 3 heteroatoms. The standard InChI is InChI=1S/C12H13O3/c1-2-3-7-12(14)15-11-6-4-5-10(8-11)9-13/h4-9H,2-3H2,1H3. The minimum Gasteiger partial charge on any atom is -0.426 e. The Labute approximate surface area is 89.1 Å². The molecule has 0 saturated heterocycles. The second-order valence-corrected chi connectivity index (χ2v) is 3.10. The SMILES string of the molecule is CCC[CH]C(=O)Oc1cccc(C=O)c1. The number of ether oxygens (including phenoxy) is 1. The van der Waals surface area contributed by atoms with Crippen LogP contribution in [0, 0.1) is 6.42 Å². The van der Waals surface area contributed by atoms with E-state index >= 15 is 0 Å². The van der Waals surface area contributed by atoms with Crippen LogP contribution in [0.3, 0.4) is 0 Å². The molecule has 0 aliphatic rings. The zero-order valence-electron chi connectivity index (χ0n) is 8.60. The lowest BCUT2D eigenvalue weighted by Crippen LogP contribution is -2.08. The molecule has 0 bridgehead atoms. The maximum Gasteiger partial charge on any atom is 0.315 e. The van der Waals surface area contributed by atoms with Crippen LogP contribution in [0.4, 0.5) is 0 Å². The van der Waals surface area contributed by atoms with Crippen LogP contribution in [0.1, 0.15) is 30.1 Å². The van der Waals surface area contributed by atoms with E-state index in [0.717, 1.165) is 6.42 Å². The predicted molar refractivity (Wildman–Crippen MR) is 56.7 cm³/mol. The van der Waals surface area contributed by atoms with Crippen molar-refractivity contribution in [2.75, 3.05) is 0 Å². The first-order valence-electron chi connectivity index (χ1n) is 4.86. The third kappa shape index (κ3) is 3.94. The van der Waals surface area contributed by atoms with Crippen molar-refractivity contribution in [1.29, 1.82) is 0 Å². The largest absolute Gasteiger partial charge is 0.426 e. The topological polar surface area (TPSA) is 43.4 Å². The molecule has 0 atom stereocenters. The van der Waals surface area contributed by atoms with Gasteiger partial charge < -0.3 is 4.74 Å². The minimum absolute atomic E-state index is 0.375. The molecule has 0 unspecified atom stereocenters. The van der Waals surface area contributed by atoms with Gasteiger partial charge in [-0.1, -0.05) is 25.5 Å². The summed E-state index contributed by atoms with van der Waals surface area (Å²) in [5, 5.41) is 0. The van der Waals surface area contributed by atoms with E-state index in [-0.39, 0.29) is 5.97 Å². The molecule has 15 heavy (non-hydrogen) atoms. The Morgan fingerprint density at radius 1 is 1.47 bits per heavy atom. The van der Waals surface area contributed by atoms with Crippen LogP contribution < -0.4 is 4.74 Å². The van der Waals surface area contributed by atoms with Gasteiger partial charge in [0.05, 0.1) is 6.42 Å². The van der Waals surface area contributed by atoms with E-state index in [1.807, 2.05) is 6.92 Å². The van der Waals surface area contributed by atoms with E-state index < -0.39 is 0 Å². The molecular weight excluding hydrogens is 192 g/mol. The Balaban J connectivity index is 2.56. The van der Waals surface area contributed by atoms with Gasteiger partial charge in [0.1, 0.15) is 12.0 Å². The highest BCUT2D eigenvalue weighted by atomic mass is 16.5. The smallest absolute Gasteiger partial charge is 0.315 e. The Bertz CT molecular complexity index is 344. The van der Waals surface area contributed by atoms with Gasteiger partial charge in [-0.25, -0.2) is 0 Å². The fourth-order valence-electron chi connectivity index (χ4n) is 1.07. The average molecular weight is 205 g/mol. The second kappa shape index (κ2) is 5.96. The van der Waals surface area contributed by atoms with Crippen molar-refractivity contribution in [3.05, 3.63) is 36.2 Å². The molecule has 1 radical (unpaired) electrons. The number of carbonyl (C=O) groups is 2. The third-order valence-electron chi connectivity index (χ3n) is 1.81. The van der Waals surface area contributed by atoms with Crippen LogP contribution in [0.2, 0.25) is 0 Å². The molecule has 0 spiro atoms. The number of carbonyl (C=O) groups excluding carboxylic acids is 2. The fraction of sp³-hybridized carbons (Fsp3) is 0.250. The monoisotopic (exact) mass is 205 g/mol. The summed E-state index contributed by atoms with van der Waals surface area (Å²) in [5.74, 6) is 0.0249. The molecule has 0 heterocycles. The van der Waals surface area contributed by atoms with Crippen molar-refractivity contribution < 1.29 is 14.3 Å². The van der Waals surface area contributed by atoms with E-state index in [9.17, 15) is 9.59 Å². The highest BCUT2D eigenvalue weighted by Gasteiger charge is 2.04. The van der Waals surface area contributed by atoms with Crippen LogP contribution >= 0.6 is 0 Å². The van der Waals surface area contributed by atoms with Gasteiger partial charge in [-0.15, -0.1) is 0 Å². The van der Waals surface area contributed by atoms with Gasteiger partial charge in [-0.2, -0.15) is 0 Å². The number of unbranched alkanes of at least 4 members (excludes halogenated alkanes) is 1. The van der Waals surface area contributed by atoms with Crippen molar-refractivity contribution in [1.82, 2.24) is 0 Å². The number of aldehydes is 1. The summed E-state index contributed by atoms with van der Waals surface area (Å²) in [6.45, 7) is 1.98. The van der Waals surface area contributed by atoms with Gasteiger partial charge in [0.2, 0.25) is 0 Å². The first kappa shape index (κ1) is 11.4. The van der Waals surface area contributed by atoms with Gasteiger partial charge >= 0.3 is 5.97 Å². The summed E-state index contributed by atoms with van der Waals surface area (Å²) in [5.41, 5.74) is 0.496. The molecule has 0 aromatic heterocycles. The van der Waals surface area contributed by atoms with Gasteiger partial charge in [0.25, 0.3) is 0 Å². The van der Waals surface area contributed by atoms with E-state index in [1.165, 1.54) is 12.5 Å². The van der Waals surface area contributed by atoms with Crippen molar-refractivity contribution in [2.45, 2.75) is 19.8 Å². The van der Waals surface area contributed by atoms with Crippen molar-refractivity contribution in [3.8, 4) is 5.75 Å². The number of rotatable bonds is 5. The third-order valence-corrected chi connectivity index (χ3v) is 1.81. The zero-order chi connectivity index (χ0) is 11.1. The lowest BCUT2D eigenvalue weighted by molar-refractivity contribution is -0.130. The summed E-state index contributed by atoms with van der Waals surface area (Å²) >= 11 is 0. The van der Waals surface area contributed by atoms with Gasteiger partial charge in [-0.3, -0.25) is 9.59 Å². The number of hydrogen-bond donors (Lipinski definition) is 0. The summed E-state index contributed by atoms with van der Waals surface area (Å²) in [4.78, 5) is 21.7. The number of benzene rings is 1. The number of hydrogen-bond acceptors (Lipinski definition) is 3. The Kier molecular flexibility index (Phi) is 4.54. The molecule has 1 aromatic rings. The molecule has 0 N–H and O–H groups in total. The summed E-state index contributed by atoms with van der Waals surface area (Å²) in [6.07, 6.45) is 3.82. The zero-order valence-corrected chi connectivity index (χ0v) is 8.60. The van der Waals surface area contributed by atoms with Crippen LogP contribution in [-0.2, 0) is 4.79 Å². The lowest BCUT2D eigenvalue weighted by Gasteiger charge is -2.03. The molecule has 1 aromatic carbocycles. The van der Waals surface area contributed by atoms with Crippen LogP contribution in [0.5, 0.6) is 5.75 Å². The maximum absolute atomic E-state index is 11.2. The molecule has 0 amide bonds. The molecular formula is C12H13O3. The molecule has 0 saturated carbocycles. The average Bonchev–Trinajstić information content (AvgIpc) is 2.26. The Morgan fingerprint density at radius 3 is 2.93 bits per heavy atom. The van der Waals surface area contributed by atoms with E-state index in [4.69, 9.17) is 4.74 Å². The quantitative estimate of drug-likeness (QED) is 0.421. The van der Waals surface area contributed by atoms with Gasteiger partial charge in [0.15, 0.2) is 0 Å².